The highest BCUT2D eigenvalue weighted by molar-refractivity contribution is 6.00. The van der Waals surface area contributed by atoms with Crippen molar-refractivity contribution in [2.45, 2.75) is 19.4 Å². The zero-order valence-electron chi connectivity index (χ0n) is 18.4. The van der Waals surface area contributed by atoms with Crippen LogP contribution in [0.1, 0.15) is 35.3 Å². The molecule has 1 atom stereocenters. The second kappa shape index (κ2) is 8.78. The summed E-state index contributed by atoms with van der Waals surface area (Å²) < 4.78 is 14.9. The molecule has 0 spiro atoms. The van der Waals surface area contributed by atoms with E-state index in [1.165, 1.54) is 6.33 Å². The van der Waals surface area contributed by atoms with Crippen LogP contribution >= 0.6 is 0 Å². The lowest BCUT2D eigenvalue weighted by Gasteiger charge is -2.15. The van der Waals surface area contributed by atoms with Gasteiger partial charge in [0, 0.05) is 25.2 Å². The predicted octanol–water partition coefficient (Wildman–Crippen LogP) is 3.32. The van der Waals surface area contributed by atoms with Crippen LogP contribution in [0.3, 0.4) is 0 Å². The van der Waals surface area contributed by atoms with Gasteiger partial charge in [-0.15, -0.1) is 0 Å². The van der Waals surface area contributed by atoms with Crippen molar-refractivity contribution in [2.75, 3.05) is 13.2 Å². The van der Waals surface area contributed by atoms with Crippen molar-refractivity contribution in [3.05, 3.63) is 72.4 Å². The van der Waals surface area contributed by atoms with Gasteiger partial charge in [0.25, 0.3) is 5.91 Å². The van der Waals surface area contributed by atoms with E-state index in [4.69, 9.17) is 9.47 Å². The average Bonchev–Trinajstić information content (AvgIpc) is 3.44. The lowest BCUT2D eigenvalue weighted by molar-refractivity contribution is 0.0940. The van der Waals surface area contributed by atoms with Gasteiger partial charge < -0.3 is 14.8 Å². The number of carbonyl (C=O) groups excluding carboxylic acids is 1. The Hall–Kier alpha value is -4.14. The molecule has 33 heavy (non-hydrogen) atoms. The lowest BCUT2D eigenvalue weighted by Crippen LogP contribution is -2.26. The third-order valence-corrected chi connectivity index (χ3v) is 5.52. The summed E-state index contributed by atoms with van der Waals surface area (Å²) in [6.07, 6.45) is 5.70. The number of rotatable bonds is 5. The Morgan fingerprint density at radius 1 is 1.09 bits per heavy atom. The minimum Gasteiger partial charge on any atom is -0.490 e. The SMILES string of the molecule is C[C@H](NC(=O)c1cn(C)nc1-c1ccc2c(c1)OCCCO2)c1ccc(-n2cncn2)cc1. The molecule has 0 saturated carbocycles. The maximum absolute atomic E-state index is 13.2. The summed E-state index contributed by atoms with van der Waals surface area (Å²) in [5.41, 5.74) is 3.78. The van der Waals surface area contributed by atoms with Gasteiger partial charge in [-0.3, -0.25) is 9.48 Å². The number of nitrogens with zero attached hydrogens (tertiary/aromatic N) is 5. The lowest BCUT2D eigenvalue weighted by atomic mass is 10.0. The Balaban J connectivity index is 1.36. The number of amides is 1. The average molecular weight is 444 g/mol. The molecule has 4 aromatic rings. The Bertz CT molecular complexity index is 1260. The van der Waals surface area contributed by atoms with Crippen molar-refractivity contribution in [1.82, 2.24) is 29.9 Å². The first-order valence-corrected chi connectivity index (χ1v) is 10.8. The fraction of sp³-hybridized carbons (Fsp3) is 0.250. The van der Waals surface area contributed by atoms with E-state index < -0.39 is 0 Å². The van der Waals surface area contributed by atoms with Gasteiger partial charge in [-0.25, -0.2) is 9.67 Å². The molecular weight excluding hydrogens is 420 g/mol. The third-order valence-electron chi connectivity index (χ3n) is 5.52. The van der Waals surface area contributed by atoms with Gasteiger partial charge in [0.15, 0.2) is 11.5 Å². The maximum Gasteiger partial charge on any atom is 0.255 e. The van der Waals surface area contributed by atoms with Crippen LogP contribution in [0.25, 0.3) is 16.9 Å². The van der Waals surface area contributed by atoms with E-state index in [1.54, 1.807) is 28.9 Å². The summed E-state index contributed by atoms with van der Waals surface area (Å²) >= 11 is 0. The molecule has 0 fully saturated rings. The molecule has 1 aliphatic rings. The van der Waals surface area contributed by atoms with Crippen LogP contribution in [0, 0.1) is 0 Å². The predicted molar refractivity (Wildman–Crippen MR) is 121 cm³/mol. The first-order chi connectivity index (χ1) is 16.1. The molecule has 0 bridgehead atoms. The number of aromatic nitrogens is 5. The summed E-state index contributed by atoms with van der Waals surface area (Å²) in [4.78, 5) is 17.2. The highest BCUT2D eigenvalue weighted by Gasteiger charge is 2.21. The summed E-state index contributed by atoms with van der Waals surface area (Å²) in [6.45, 7) is 3.17. The molecule has 5 rings (SSSR count). The zero-order chi connectivity index (χ0) is 22.8. The van der Waals surface area contributed by atoms with Crippen LogP contribution in [0.5, 0.6) is 11.5 Å². The van der Waals surface area contributed by atoms with E-state index >= 15 is 0 Å². The molecule has 1 amide bonds. The Labute approximate surface area is 191 Å². The Morgan fingerprint density at radius 2 is 1.88 bits per heavy atom. The first-order valence-electron chi connectivity index (χ1n) is 10.8. The molecule has 1 aliphatic heterocycles. The normalized spacial score (nSPS) is 13.9. The minimum atomic E-state index is -0.196. The molecule has 2 aromatic heterocycles. The molecule has 1 N–H and O–H groups in total. The molecular formula is C24H24N6O3. The number of carbonyl (C=O) groups is 1. The van der Waals surface area contributed by atoms with Gasteiger partial charge in [0.05, 0.1) is 30.5 Å². The number of fused-ring (bicyclic) bond motifs is 1. The summed E-state index contributed by atoms with van der Waals surface area (Å²) in [5.74, 6) is 1.18. The van der Waals surface area contributed by atoms with Crippen molar-refractivity contribution in [2.24, 2.45) is 7.05 Å². The van der Waals surface area contributed by atoms with Crippen LogP contribution < -0.4 is 14.8 Å². The third kappa shape index (κ3) is 4.30. The molecule has 3 heterocycles. The van der Waals surface area contributed by atoms with Gasteiger partial charge in [-0.2, -0.15) is 10.2 Å². The first kappa shape index (κ1) is 20.7. The fourth-order valence-electron chi connectivity index (χ4n) is 3.79. The van der Waals surface area contributed by atoms with Crippen molar-refractivity contribution in [1.29, 1.82) is 0 Å². The highest BCUT2D eigenvalue weighted by Crippen LogP contribution is 2.35. The zero-order valence-corrected chi connectivity index (χ0v) is 18.4. The van der Waals surface area contributed by atoms with Crippen LogP contribution in [-0.4, -0.2) is 43.7 Å². The van der Waals surface area contributed by atoms with Crippen LogP contribution in [0.2, 0.25) is 0 Å². The number of aryl methyl sites for hydroxylation is 1. The molecule has 2 aromatic carbocycles. The number of nitrogens with one attached hydrogen (secondary N) is 1. The Kier molecular flexibility index (Phi) is 5.52. The van der Waals surface area contributed by atoms with Gasteiger partial charge in [-0.05, 0) is 42.8 Å². The number of ether oxygens (including phenoxy) is 2. The number of hydrogen-bond acceptors (Lipinski definition) is 6. The van der Waals surface area contributed by atoms with Crippen molar-refractivity contribution in [3.8, 4) is 28.4 Å². The summed E-state index contributed by atoms with van der Waals surface area (Å²) in [7, 11) is 1.80. The topological polar surface area (TPSA) is 96.1 Å². The largest absolute Gasteiger partial charge is 0.490 e. The van der Waals surface area contributed by atoms with E-state index in [2.05, 4.69) is 20.5 Å². The van der Waals surface area contributed by atoms with E-state index in [1.807, 2.05) is 49.4 Å². The van der Waals surface area contributed by atoms with Gasteiger partial charge in [0.2, 0.25) is 0 Å². The van der Waals surface area contributed by atoms with Gasteiger partial charge >= 0.3 is 0 Å². The van der Waals surface area contributed by atoms with Gasteiger partial charge in [-0.1, -0.05) is 12.1 Å². The smallest absolute Gasteiger partial charge is 0.255 e. The second-order valence-corrected chi connectivity index (χ2v) is 7.90. The molecule has 0 radical (unpaired) electrons. The second-order valence-electron chi connectivity index (χ2n) is 7.90. The quantitative estimate of drug-likeness (QED) is 0.507. The monoisotopic (exact) mass is 444 g/mol. The number of hydrogen-bond donors (Lipinski definition) is 1. The fourth-order valence-corrected chi connectivity index (χ4v) is 3.79. The van der Waals surface area contributed by atoms with Crippen molar-refractivity contribution >= 4 is 5.91 Å². The standard InChI is InChI=1S/C24H24N6O3/c1-16(17-4-7-19(8-5-17)30-15-25-14-26-30)27-24(31)20-13-29(2)28-23(20)18-6-9-21-22(12-18)33-11-3-10-32-21/h4-9,12-16H,3,10-11H2,1-2H3,(H,27,31)/t16-/m0/s1. The van der Waals surface area contributed by atoms with Crippen molar-refractivity contribution in [3.63, 3.8) is 0 Å². The van der Waals surface area contributed by atoms with Crippen molar-refractivity contribution < 1.29 is 14.3 Å². The number of benzene rings is 2. The summed E-state index contributed by atoms with van der Waals surface area (Å²) in [6, 6.07) is 13.3. The molecule has 0 unspecified atom stereocenters. The van der Waals surface area contributed by atoms with E-state index in [0.29, 0.717) is 36.0 Å². The van der Waals surface area contributed by atoms with E-state index in [-0.39, 0.29) is 11.9 Å². The van der Waals surface area contributed by atoms with Crippen LogP contribution in [-0.2, 0) is 7.05 Å². The molecule has 9 nitrogen and oxygen atoms in total. The van der Waals surface area contributed by atoms with E-state index in [0.717, 1.165) is 23.2 Å². The molecule has 168 valence electrons. The summed E-state index contributed by atoms with van der Waals surface area (Å²) in [5, 5.41) is 11.7. The van der Waals surface area contributed by atoms with Gasteiger partial charge in [0.1, 0.15) is 18.3 Å². The molecule has 0 saturated heterocycles. The maximum atomic E-state index is 13.2. The molecule has 9 heteroatoms. The van der Waals surface area contributed by atoms with Crippen LogP contribution in [0.15, 0.2) is 61.3 Å². The van der Waals surface area contributed by atoms with Crippen LogP contribution in [0.4, 0.5) is 0 Å². The highest BCUT2D eigenvalue weighted by atomic mass is 16.5. The van der Waals surface area contributed by atoms with E-state index in [9.17, 15) is 4.79 Å². The molecule has 0 aliphatic carbocycles. The Morgan fingerprint density at radius 3 is 2.64 bits per heavy atom. The minimum absolute atomic E-state index is 0.195.